The van der Waals surface area contributed by atoms with Crippen LogP contribution in [0.25, 0.3) is 0 Å². The van der Waals surface area contributed by atoms with E-state index in [4.69, 9.17) is 4.74 Å². The van der Waals surface area contributed by atoms with Crippen LogP contribution in [-0.4, -0.2) is 48.3 Å². The molecular weight excluding hydrogens is 316 g/mol. The van der Waals surface area contributed by atoms with E-state index in [2.05, 4.69) is 5.32 Å². The zero-order valence-electron chi connectivity index (χ0n) is 14.0. The third-order valence-corrected chi connectivity index (χ3v) is 5.42. The first-order valence-electron chi connectivity index (χ1n) is 7.69. The summed E-state index contributed by atoms with van der Waals surface area (Å²) >= 11 is 1.38. The smallest absolute Gasteiger partial charge is 0.340 e. The number of aliphatic hydroxyl groups is 1. The number of carbonyl (C=O) groups is 2. The molecule has 0 spiro atoms. The number of esters is 1. The molecule has 7 heteroatoms. The molecule has 1 saturated heterocycles. The maximum absolute atomic E-state index is 12.5. The topological polar surface area (TPSA) is 78.9 Å². The minimum absolute atomic E-state index is 0.0467. The molecule has 1 aromatic heterocycles. The molecule has 1 fully saturated rings. The number of amides is 2. The molecule has 0 radical (unpaired) electrons. The molecule has 2 heterocycles. The van der Waals surface area contributed by atoms with Gasteiger partial charge in [-0.15, -0.1) is 11.3 Å². The highest BCUT2D eigenvalue weighted by atomic mass is 32.1. The summed E-state index contributed by atoms with van der Waals surface area (Å²) in [5.74, 6) is -0.466. The summed E-state index contributed by atoms with van der Waals surface area (Å²) in [6, 6.07) is 1.34. The van der Waals surface area contributed by atoms with Crippen molar-refractivity contribution in [3.05, 3.63) is 16.5 Å². The molecule has 2 amide bonds. The number of ether oxygens (including phenoxy) is 1. The fraction of sp³-hybridized carbons (Fsp3) is 0.625. The molecule has 0 bridgehead atoms. The fourth-order valence-electron chi connectivity index (χ4n) is 2.58. The molecule has 1 atom stereocenters. The molecule has 1 aromatic rings. The SMILES string of the molecule is COC(=O)c1cc(C(C)(C)C)sc1NC(=O)N1CCC[C@H]1CO. The first-order chi connectivity index (χ1) is 10.8. The molecule has 0 aliphatic carbocycles. The van der Waals surface area contributed by atoms with E-state index in [1.54, 1.807) is 11.0 Å². The predicted octanol–water partition coefficient (Wildman–Crippen LogP) is 2.82. The third kappa shape index (κ3) is 3.84. The van der Waals surface area contributed by atoms with E-state index in [0.29, 0.717) is 17.1 Å². The first-order valence-corrected chi connectivity index (χ1v) is 8.50. The number of nitrogens with zero attached hydrogens (tertiary/aromatic N) is 1. The van der Waals surface area contributed by atoms with Crippen LogP contribution in [0.3, 0.4) is 0 Å². The van der Waals surface area contributed by atoms with Gasteiger partial charge in [0.05, 0.1) is 25.3 Å². The van der Waals surface area contributed by atoms with Crippen LogP contribution >= 0.6 is 11.3 Å². The fourth-order valence-corrected chi connectivity index (χ4v) is 3.67. The van der Waals surface area contributed by atoms with Crippen molar-refractivity contribution in [1.29, 1.82) is 0 Å². The van der Waals surface area contributed by atoms with Gasteiger partial charge in [0.15, 0.2) is 0 Å². The highest BCUT2D eigenvalue weighted by Gasteiger charge is 2.30. The summed E-state index contributed by atoms with van der Waals surface area (Å²) in [5, 5.41) is 12.7. The largest absolute Gasteiger partial charge is 0.465 e. The Kier molecular flexibility index (Phi) is 5.31. The summed E-state index contributed by atoms with van der Waals surface area (Å²) in [7, 11) is 1.32. The predicted molar refractivity (Wildman–Crippen MR) is 90.2 cm³/mol. The summed E-state index contributed by atoms with van der Waals surface area (Å²) in [6.45, 7) is 6.71. The highest BCUT2D eigenvalue weighted by molar-refractivity contribution is 7.16. The zero-order valence-corrected chi connectivity index (χ0v) is 14.8. The Morgan fingerprint density at radius 2 is 2.17 bits per heavy atom. The average Bonchev–Trinajstić information content (AvgIpc) is 3.12. The summed E-state index contributed by atoms with van der Waals surface area (Å²) in [5.41, 5.74) is 0.244. The maximum Gasteiger partial charge on any atom is 0.340 e. The lowest BCUT2D eigenvalue weighted by atomic mass is 9.94. The molecule has 0 unspecified atom stereocenters. The van der Waals surface area contributed by atoms with E-state index in [0.717, 1.165) is 17.7 Å². The van der Waals surface area contributed by atoms with Crippen LogP contribution in [0.4, 0.5) is 9.80 Å². The van der Waals surface area contributed by atoms with Crippen LogP contribution in [0.2, 0.25) is 0 Å². The van der Waals surface area contributed by atoms with Gasteiger partial charge in [-0.2, -0.15) is 0 Å². The van der Waals surface area contributed by atoms with Gasteiger partial charge in [0.1, 0.15) is 5.00 Å². The maximum atomic E-state index is 12.5. The number of methoxy groups -OCH3 is 1. The van der Waals surface area contributed by atoms with Gasteiger partial charge in [-0.25, -0.2) is 9.59 Å². The van der Waals surface area contributed by atoms with E-state index in [9.17, 15) is 14.7 Å². The number of aliphatic hydroxyl groups excluding tert-OH is 1. The van der Waals surface area contributed by atoms with Gasteiger partial charge >= 0.3 is 12.0 Å². The van der Waals surface area contributed by atoms with Crippen LogP contribution in [-0.2, 0) is 10.2 Å². The molecule has 2 rings (SSSR count). The Hall–Kier alpha value is -1.60. The Morgan fingerprint density at radius 3 is 2.74 bits per heavy atom. The van der Waals surface area contributed by atoms with Gasteiger partial charge in [0, 0.05) is 11.4 Å². The second-order valence-electron chi connectivity index (χ2n) is 6.70. The molecule has 23 heavy (non-hydrogen) atoms. The van der Waals surface area contributed by atoms with Crippen LogP contribution < -0.4 is 5.32 Å². The van der Waals surface area contributed by atoms with Crippen LogP contribution in [0, 0.1) is 0 Å². The Bertz CT molecular complexity index is 591. The van der Waals surface area contributed by atoms with Crippen LogP contribution in [0.15, 0.2) is 6.07 Å². The normalized spacial score (nSPS) is 18.1. The molecule has 0 saturated carbocycles. The Balaban J connectivity index is 2.25. The summed E-state index contributed by atoms with van der Waals surface area (Å²) < 4.78 is 4.82. The quantitative estimate of drug-likeness (QED) is 0.829. The van der Waals surface area contributed by atoms with E-state index < -0.39 is 5.97 Å². The van der Waals surface area contributed by atoms with Crippen molar-refractivity contribution in [2.75, 3.05) is 25.6 Å². The third-order valence-electron chi connectivity index (χ3n) is 3.95. The second-order valence-corrected chi connectivity index (χ2v) is 7.75. The minimum atomic E-state index is -0.466. The number of rotatable bonds is 3. The van der Waals surface area contributed by atoms with Crippen LogP contribution in [0.5, 0.6) is 0 Å². The van der Waals surface area contributed by atoms with E-state index in [1.165, 1.54) is 18.4 Å². The number of nitrogens with one attached hydrogen (secondary N) is 1. The average molecular weight is 340 g/mol. The van der Waals surface area contributed by atoms with Crippen molar-refractivity contribution in [3.8, 4) is 0 Å². The van der Waals surface area contributed by atoms with Gasteiger partial charge in [0.25, 0.3) is 0 Å². The van der Waals surface area contributed by atoms with Crippen molar-refractivity contribution in [2.45, 2.75) is 45.1 Å². The first kappa shape index (κ1) is 17.7. The lowest BCUT2D eigenvalue weighted by molar-refractivity contribution is 0.0602. The Labute approximate surface area is 140 Å². The Morgan fingerprint density at radius 1 is 1.48 bits per heavy atom. The number of carbonyl (C=O) groups excluding carboxylic acids is 2. The standard InChI is InChI=1S/C16H24N2O4S/c1-16(2,3)12-8-11(14(20)22-4)13(23-12)17-15(21)18-7-5-6-10(18)9-19/h8,10,19H,5-7,9H2,1-4H3,(H,17,21)/t10-/m0/s1. The van der Waals surface area contributed by atoms with Gasteiger partial charge in [0.2, 0.25) is 0 Å². The molecule has 128 valence electrons. The zero-order chi connectivity index (χ0) is 17.2. The minimum Gasteiger partial charge on any atom is -0.465 e. The second kappa shape index (κ2) is 6.88. The van der Waals surface area contributed by atoms with E-state index in [1.807, 2.05) is 20.8 Å². The lowest BCUT2D eigenvalue weighted by Gasteiger charge is -2.23. The van der Waals surface area contributed by atoms with E-state index in [-0.39, 0.29) is 24.1 Å². The molecule has 2 N–H and O–H groups in total. The summed E-state index contributed by atoms with van der Waals surface area (Å²) in [4.78, 5) is 27.1. The van der Waals surface area contributed by atoms with Gasteiger partial charge in [-0.3, -0.25) is 5.32 Å². The number of hydrogen-bond acceptors (Lipinski definition) is 5. The number of anilines is 1. The number of hydrogen-bond donors (Lipinski definition) is 2. The van der Waals surface area contributed by atoms with Gasteiger partial charge in [-0.1, -0.05) is 20.8 Å². The van der Waals surface area contributed by atoms with Crippen molar-refractivity contribution in [3.63, 3.8) is 0 Å². The molecular formula is C16H24N2O4S. The van der Waals surface area contributed by atoms with Crippen molar-refractivity contribution in [2.24, 2.45) is 0 Å². The highest BCUT2D eigenvalue weighted by Crippen LogP contribution is 2.36. The van der Waals surface area contributed by atoms with Crippen molar-refractivity contribution >= 4 is 28.3 Å². The molecule has 6 nitrogen and oxygen atoms in total. The monoisotopic (exact) mass is 340 g/mol. The summed E-state index contributed by atoms with van der Waals surface area (Å²) in [6.07, 6.45) is 1.67. The van der Waals surface area contributed by atoms with Crippen LogP contribution in [0.1, 0.15) is 48.8 Å². The molecule has 1 aliphatic rings. The number of thiophene rings is 1. The lowest BCUT2D eigenvalue weighted by Crippen LogP contribution is -2.40. The van der Waals surface area contributed by atoms with Gasteiger partial charge < -0.3 is 14.7 Å². The van der Waals surface area contributed by atoms with Crippen molar-refractivity contribution in [1.82, 2.24) is 4.90 Å². The number of urea groups is 1. The molecule has 1 aliphatic heterocycles. The number of likely N-dealkylation sites (tertiary alicyclic amines) is 1. The van der Waals surface area contributed by atoms with E-state index >= 15 is 0 Å². The van der Waals surface area contributed by atoms with Crippen molar-refractivity contribution < 1.29 is 19.4 Å². The van der Waals surface area contributed by atoms with Gasteiger partial charge in [-0.05, 0) is 24.3 Å². The molecule has 0 aromatic carbocycles.